The molecule has 2 heterocycles. The molecule has 0 bridgehead atoms. The zero-order chi connectivity index (χ0) is 14.4. The standard InChI is InChI=1S/C15H19FN4/c1-5-8(2)11-6-10(16)7-12-14(11)17-9(3)13-15(12)19-20(4)18-13/h6-9,17H,5H2,1-4H3/t8?,9-/m1/s1. The molecule has 4 nitrogen and oxygen atoms in total. The first kappa shape index (κ1) is 13.1. The van der Waals surface area contributed by atoms with Crippen LogP contribution in [0.3, 0.4) is 0 Å². The van der Waals surface area contributed by atoms with E-state index in [1.807, 2.05) is 0 Å². The number of hydrogen-bond donors (Lipinski definition) is 1. The molecule has 0 amide bonds. The number of halogens is 1. The molecule has 106 valence electrons. The van der Waals surface area contributed by atoms with E-state index in [1.54, 1.807) is 24.0 Å². The van der Waals surface area contributed by atoms with Crippen LogP contribution in [0.2, 0.25) is 0 Å². The minimum absolute atomic E-state index is 0.0828. The molecule has 0 radical (unpaired) electrons. The molecular formula is C15H19FN4. The number of nitrogens with one attached hydrogen (secondary N) is 1. The smallest absolute Gasteiger partial charge is 0.124 e. The number of nitrogens with zero attached hydrogens (tertiary/aromatic N) is 3. The predicted octanol–water partition coefficient (Wildman–Crippen LogP) is 3.62. The Balaban J connectivity index is 2.26. The maximum Gasteiger partial charge on any atom is 0.124 e. The highest BCUT2D eigenvalue weighted by atomic mass is 19.1. The molecule has 1 aromatic carbocycles. The van der Waals surface area contributed by atoms with Gasteiger partial charge in [0, 0.05) is 18.3 Å². The van der Waals surface area contributed by atoms with E-state index in [1.165, 1.54) is 0 Å². The molecule has 0 aliphatic carbocycles. The fourth-order valence-corrected chi connectivity index (χ4v) is 2.77. The van der Waals surface area contributed by atoms with Crippen LogP contribution in [0.4, 0.5) is 10.1 Å². The van der Waals surface area contributed by atoms with Crippen molar-refractivity contribution < 1.29 is 4.39 Å². The van der Waals surface area contributed by atoms with E-state index in [0.717, 1.165) is 34.6 Å². The Bertz CT molecular complexity index is 662. The Morgan fingerprint density at radius 2 is 2.15 bits per heavy atom. The van der Waals surface area contributed by atoms with E-state index in [0.29, 0.717) is 5.92 Å². The van der Waals surface area contributed by atoms with E-state index in [2.05, 4.69) is 36.3 Å². The van der Waals surface area contributed by atoms with E-state index < -0.39 is 0 Å². The van der Waals surface area contributed by atoms with Crippen molar-refractivity contribution in [1.82, 2.24) is 15.0 Å². The Kier molecular flexibility index (Phi) is 3.00. The van der Waals surface area contributed by atoms with Gasteiger partial charge in [0.05, 0.1) is 6.04 Å². The quantitative estimate of drug-likeness (QED) is 0.909. The highest BCUT2D eigenvalue weighted by Gasteiger charge is 2.29. The van der Waals surface area contributed by atoms with Crippen molar-refractivity contribution in [2.24, 2.45) is 7.05 Å². The minimum atomic E-state index is -0.216. The number of aromatic nitrogens is 3. The topological polar surface area (TPSA) is 42.7 Å². The number of hydrogen-bond acceptors (Lipinski definition) is 3. The summed E-state index contributed by atoms with van der Waals surface area (Å²) >= 11 is 0. The van der Waals surface area contributed by atoms with Crippen molar-refractivity contribution in [2.75, 3.05) is 5.32 Å². The number of rotatable bonds is 2. The molecule has 0 saturated carbocycles. The molecule has 20 heavy (non-hydrogen) atoms. The summed E-state index contributed by atoms with van der Waals surface area (Å²) in [7, 11) is 1.79. The lowest BCUT2D eigenvalue weighted by Crippen LogP contribution is -2.16. The third-order valence-corrected chi connectivity index (χ3v) is 4.04. The molecule has 1 aliphatic rings. The summed E-state index contributed by atoms with van der Waals surface area (Å²) in [6, 6.07) is 3.27. The molecule has 0 spiro atoms. The molecule has 3 rings (SSSR count). The van der Waals surface area contributed by atoms with Gasteiger partial charge in [0.1, 0.15) is 17.2 Å². The predicted molar refractivity (Wildman–Crippen MR) is 77.1 cm³/mol. The van der Waals surface area contributed by atoms with Crippen LogP contribution >= 0.6 is 0 Å². The van der Waals surface area contributed by atoms with Crippen LogP contribution in [-0.2, 0) is 7.05 Å². The first-order valence-corrected chi connectivity index (χ1v) is 7.02. The van der Waals surface area contributed by atoms with Crippen molar-refractivity contribution in [3.8, 4) is 11.3 Å². The SMILES string of the molecule is CCC(C)c1cc(F)cc2c1N[C@H](C)c1nn(C)nc1-2. The van der Waals surface area contributed by atoms with Gasteiger partial charge in [0.25, 0.3) is 0 Å². The summed E-state index contributed by atoms with van der Waals surface area (Å²) in [5.41, 5.74) is 4.51. The molecule has 5 heteroatoms. The van der Waals surface area contributed by atoms with Crippen LogP contribution in [0.15, 0.2) is 12.1 Å². The second-order valence-corrected chi connectivity index (χ2v) is 5.52. The number of anilines is 1. The highest BCUT2D eigenvalue weighted by Crippen LogP contribution is 2.43. The highest BCUT2D eigenvalue weighted by molar-refractivity contribution is 5.83. The lowest BCUT2D eigenvalue weighted by molar-refractivity contribution is 0.619. The Hall–Kier alpha value is -1.91. The molecule has 2 aromatic rings. The van der Waals surface area contributed by atoms with Gasteiger partial charge in [0.15, 0.2) is 0 Å². The fourth-order valence-electron chi connectivity index (χ4n) is 2.77. The Morgan fingerprint density at radius 3 is 2.85 bits per heavy atom. The van der Waals surface area contributed by atoms with Crippen molar-refractivity contribution in [3.63, 3.8) is 0 Å². The van der Waals surface area contributed by atoms with Gasteiger partial charge >= 0.3 is 0 Å². The second-order valence-electron chi connectivity index (χ2n) is 5.52. The van der Waals surface area contributed by atoms with Gasteiger partial charge in [-0.2, -0.15) is 15.0 Å². The second kappa shape index (κ2) is 4.58. The van der Waals surface area contributed by atoms with Gasteiger partial charge in [0.2, 0.25) is 0 Å². The van der Waals surface area contributed by atoms with Crippen LogP contribution in [0.5, 0.6) is 0 Å². The Morgan fingerprint density at radius 1 is 1.40 bits per heavy atom. The fraction of sp³-hybridized carbons (Fsp3) is 0.467. The van der Waals surface area contributed by atoms with E-state index >= 15 is 0 Å². The maximum absolute atomic E-state index is 14.0. The molecule has 2 atom stereocenters. The normalized spacial score (nSPS) is 18.1. The largest absolute Gasteiger partial charge is 0.376 e. The monoisotopic (exact) mass is 274 g/mol. The summed E-state index contributed by atoms with van der Waals surface area (Å²) in [5.74, 6) is 0.0874. The van der Waals surface area contributed by atoms with Gasteiger partial charge in [-0.3, -0.25) is 0 Å². The van der Waals surface area contributed by atoms with Crippen LogP contribution in [0, 0.1) is 5.82 Å². The maximum atomic E-state index is 14.0. The van der Waals surface area contributed by atoms with E-state index in [4.69, 9.17) is 0 Å². The van der Waals surface area contributed by atoms with Gasteiger partial charge in [-0.15, -0.1) is 0 Å². The summed E-state index contributed by atoms with van der Waals surface area (Å²) in [6.45, 7) is 6.29. The average molecular weight is 274 g/mol. The van der Waals surface area contributed by atoms with E-state index in [-0.39, 0.29) is 11.9 Å². The van der Waals surface area contributed by atoms with Crippen molar-refractivity contribution in [3.05, 3.63) is 29.2 Å². The molecule has 1 unspecified atom stereocenters. The zero-order valence-electron chi connectivity index (χ0n) is 12.2. The molecule has 0 saturated heterocycles. The summed E-state index contributed by atoms with van der Waals surface area (Å²) in [5, 5.41) is 12.2. The van der Waals surface area contributed by atoms with Crippen molar-refractivity contribution >= 4 is 5.69 Å². The van der Waals surface area contributed by atoms with Crippen LogP contribution in [0.25, 0.3) is 11.3 Å². The lowest BCUT2D eigenvalue weighted by Gasteiger charge is -2.27. The lowest BCUT2D eigenvalue weighted by atomic mass is 9.89. The van der Waals surface area contributed by atoms with Gasteiger partial charge in [-0.25, -0.2) is 4.39 Å². The number of fused-ring (bicyclic) bond motifs is 3. The molecular weight excluding hydrogens is 255 g/mol. The van der Waals surface area contributed by atoms with Crippen molar-refractivity contribution in [2.45, 2.75) is 39.2 Å². The average Bonchev–Trinajstić information content (AvgIpc) is 2.81. The number of aryl methyl sites for hydroxylation is 1. The molecule has 1 aliphatic heterocycles. The molecule has 1 N–H and O–H groups in total. The Labute approximate surface area is 118 Å². The van der Waals surface area contributed by atoms with Gasteiger partial charge in [-0.05, 0) is 37.0 Å². The number of benzene rings is 1. The molecule has 0 fully saturated rings. The first-order chi connectivity index (χ1) is 9.51. The van der Waals surface area contributed by atoms with Gasteiger partial charge in [-0.1, -0.05) is 13.8 Å². The van der Waals surface area contributed by atoms with E-state index in [9.17, 15) is 4.39 Å². The zero-order valence-corrected chi connectivity index (χ0v) is 12.2. The van der Waals surface area contributed by atoms with Crippen molar-refractivity contribution in [1.29, 1.82) is 0 Å². The van der Waals surface area contributed by atoms with Crippen LogP contribution in [0.1, 0.15) is 50.4 Å². The van der Waals surface area contributed by atoms with Crippen LogP contribution < -0.4 is 5.32 Å². The third-order valence-electron chi connectivity index (χ3n) is 4.04. The summed E-state index contributed by atoms with van der Waals surface area (Å²) < 4.78 is 14.0. The van der Waals surface area contributed by atoms with Gasteiger partial charge < -0.3 is 5.32 Å². The molecule has 1 aromatic heterocycles. The minimum Gasteiger partial charge on any atom is -0.376 e. The third kappa shape index (κ3) is 1.88. The summed E-state index contributed by atoms with van der Waals surface area (Å²) in [4.78, 5) is 1.55. The van der Waals surface area contributed by atoms with Crippen LogP contribution in [-0.4, -0.2) is 15.0 Å². The summed E-state index contributed by atoms with van der Waals surface area (Å²) in [6.07, 6.45) is 0.972. The first-order valence-electron chi connectivity index (χ1n) is 7.02.